The Kier molecular flexibility index (Phi) is 8.41. The second kappa shape index (κ2) is 11.8. The highest BCUT2D eigenvalue weighted by Gasteiger charge is 2.46. The number of rotatable bonds is 6. The molecule has 0 aliphatic carbocycles. The molecule has 5 rings (SSSR count). The third-order valence-corrected chi connectivity index (χ3v) is 7.27. The number of benzene rings is 2. The number of phenols is 3. The summed E-state index contributed by atoms with van der Waals surface area (Å²) in [7, 11) is 0. The molecule has 0 radical (unpaired) electrons. The van der Waals surface area contributed by atoms with Crippen LogP contribution in [-0.4, -0.2) is 119 Å². The first-order chi connectivity index (χ1) is 20.3. The summed E-state index contributed by atoms with van der Waals surface area (Å²) < 4.78 is 27.6. The van der Waals surface area contributed by atoms with Crippen molar-refractivity contribution >= 4 is 11.0 Å². The summed E-state index contributed by atoms with van der Waals surface area (Å²) >= 11 is 0. The van der Waals surface area contributed by atoms with Crippen molar-refractivity contribution in [3.8, 4) is 40.1 Å². The molecule has 2 aromatic carbocycles. The molecule has 234 valence electrons. The van der Waals surface area contributed by atoms with Crippen molar-refractivity contribution in [3.05, 3.63) is 40.6 Å². The van der Waals surface area contributed by atoms with Gasteiger partial charge in [0, 0.05) is 17.7 Å². The molecule has 16 heteroatoms. The molecule has 2 fully saturated rings. The van der Waals surface area contributed by atoms with Crippen LogP contribution in [0.3, 0.4) is 0 Å². The van der Waals surface area contributed by atoms with Crippen LogP contribution in [0.4, 0.5) is 0 Å². The van der Waals surface area contributed by atoms with Gasteiger partial charge in [-0.2, -0.15) is 0 Å². The van der Waals surface area contributed by atoms with Gasteiger partial charge in [0.25, 0.3) is 0 Å². The molecule has 2 saturated heterocycles. The minimum absolute atomic E-state index is 0.0554. The fraction of sp³-hybridized carbons (Fsp3) is 0.444. The summed E-state index contributed by atoms with van der Waals surface area (Å²) in [5.74, 6) is -3.08. The molecule has 3 aromatic rings. The van der Waals surface area contributed by atoms with Gasteiger partial charge in [0.15, 0.2) is 17.3 Å². The van der Waals surface area contributed by atoms with E-state index in [1.807, 2.05) is 0 Å². The highest BCUT2D eigenvalue weighted by Crippen LogP contribution is 2.40. The van der Waals surface area contributed by atoms with Crippen LogP contribution in [0.2, 0.25) is 0 Å². The minimum atomic E-state index is -1.92. The van der Waals surface area contributed by atoms with Crippen LogP contribution in [0.25, 0.3) is 22.3 Å². The van der Waals surface area contributed by atoms with Crippen molar-refractivity contribution < 1.29 is 74.4 Å². The number of phenolic OH excluding ortho intramolecular Hbond substituents is 3. The normalized spacial score (nSPS) is 32.9. The lowest BCUT2D eigenvalue weighted by molar-refractivity contribution is -0.277. The van der Waals surface area contributed by atoms with Crippen molar-refractivity contribution in [3.63, 3.8) is 0 Å². The van der Waals surface area contributed by atoms with Gasteiger partial charge in [-0.25, -0.2) is 0 Å². The number of aliphatic hydroxyl groups is 7. The molecular weight excluding hydrogens is 580 g/mol. The Labute approximate surface area is 241 Å². The smallest absolute Gasteiger partial charge is 0.239 e. The van der Waals surface area contributed by atoms with E-state index in [-0.39, 0.29) is 16.9 Å². The Bertz CT molecular complexity index is 1540. The average Bonchev–Trinajstić information content (AvgIpc) is 2.96. The predicted octanol–water partition coefficient (Wildman–Crippen LogP) is -2.04. The van der Waals surface area contributed by atoms with Crippen molar-refractivity contribution in [1.82, 2.24) is 0 Å². The first kappa shape index (κ1) is 30.7. The zero-order chi connectivity index (χ0) is 31.3. The van der Waals surface area contributed by atoms with E-state index in [0.29, 0.717) is 0 Å². The maximum Gasteiger partial charge on any atom is 0.239 e. The van der Waals surface area contributed by atoms with Gasteiger partial charge in [-0.15, -0.1) is 0 Å². The second-order valence-electron chi connectivity index (χ2n) is 10.2. The van der Waals surface area contributed by atoms with E-state index in [2.05, 4.69) is 0 Å². The lowest BCUT2D eigenvalue weighted by Gasteiger charge is -2.39. The fourth-order valence-electron chi connectivity index (χ4n) is 4.84. The van der Waals surface area contributed by atoms with Crippen molar-refractivity contribution in [2.24, 2.45) is 0 Å². The van der Waals surface area contributed by atoms with E-state index in [1.165, 1.54) is 19.1 Å². The summed E-state index contributed by atoms with van der Waals surface area (Å²) in [5.41, 5.74) is -1.38. The third kappa shape index (κ3) is 5.55. The standard InChI is InChI=1S/C27H30O16/c1-8-17(32)20(35)22(37)26(39-8)41-13-3-2-9(4-11(13)30)24-25(19(34)16-12(31)5-10(29)6-14(16)40-24)43-27-23(38)21(36)18(33)15(7-28)42-27/h2-6,8,15,17-18,20-23,26-33,35-38H,7H2,1H3. The Hall–Kier alpha value is -3.71. The maximum absolute atomic E-state index is 13.6. The van der Waals surface area contributed by atoms with Gasteiger partial charge in [0.1, 0.15) is 65.2 Å². The van der Waals surface area contributed by atoms with E-state index in [1.54, 1.807) is 0 Å². The molecule has 0 saturated carbocycles. The monoisotopic (exact) mass is 610 g/mol. The summed E-state index contributed by atoms with van der Waals surface area (Å²) in [5, 5.41) is 101. The molecule has 0 bridgehead atoms. The Morgan fingerprint density at radius 3 is 2.07 bits per heavy atom. The van der Waals surface area contributed by atoms with Gasteiger partial charge in [-0.1, -0.05) is 0 Å². The van der Waals surface area contributed by atoms with Gasteiger partial charge in [-0.3, -0.25) is 4.79 Å². The summed E-state index contributed by atoms with van der Waals surface area (Å²) in [6.45, 7) is 0.654. The average molecular weight is 611 g/mol. The van der Waals surface area contributed by atoms with E-state index in [9.17, 15) is 55.9 Å². The lowest BCUT2D eigenvalue weighted by atomic mass is 9.99. The third-order valence-electron chi connectivity index (χ3n) is 7.27. The number of hydrogen-bond acceptors (Lipinski definition) is 16. The van der Waals surface area contributed by atoms with E-state index in [4.69, 9.17) is 23.4 Å². The molecule has 0 amide bonds. The molecule has 10 unspecified atom stereocenters. The first-order valence-electron chi connectivity index (χ1n) is 13.0. The summed E-state index contributed by atoms with van der Waals surface area (Å²) in [6, 6.07) is 5.40. The molecule has 3 heterocycles. The molecule has 16 nitrogen and oxygen atoms in total. The number of hydrogen-bond donors (Lipinski definition) is 10. The van der Waals surface area contributed by atoms with Crippen LogP contribution in [0.1, 0.15) is 6.92 Å². The number of aromatic hydroxyl groups is 3. The number of fused-ring (bicyclic) bond motifs is 1. The second-order valence-corrected chi connectivity index (χ2v) is 10.2. The van der Waals surface area contributed by atoms with Crippen LogP contribution in [0, 0.1) is 0 Å². The SMILES string of the molecule is CC1OC(Oc2ccc(-c3oc4cc(O)cc(O)c4c(=O)c3OC3OC(CO)C(O)C(O)C3O)cc2O)C(O)C(O)C1O. The lowest BCUT2D eigenvalue weighted by Crippen LogP contribution is -2.60. The van der Waals surface area contributed by atoms with Crippen LogP contribution < -0.4 is 14.9 Å². The molecular formula is C27H30O16. The van der Waals surface area contributed by atoms with Crippen molar-refractivity contribution in [1.29, 1.82) is 0 Å². The van der Waals surface area contributed by atoms with Crippen LogP contribution in [0.5, 0.6) is 28.7 Å². The van der Waals surface area contributed by atoms with Crippen molar-refractivity contribution in [2.45, 2.75) is 68.3 Å². The number of aliphatic hydroxyl groups excluding tert-OH is 7. The van der Waals surface area contributed by atoms with Crippen LogP contribution >= 0.6 is 0 Å². The first-order valence-corrected chi connectivity index (χ1v) is 13.0. The Balaban J connectivity index is 1.56. The van der Waals surface area contributed by atoms with E-state index < -0.39 is 108 Å². The zero-order valence-electron chi connectivity index (χ0n) is 22.3. The van der Waals surface area contributed by atoms with Crippen molar-refractivity contribution in [2.75, 3.05) is 6.61 Å². The van der Waals surface area contributed by atoms with Gasteiger partial charge in [0.2, 0.25) is 23.8 Å². The molecule has 1 aromatic heterocycles. The molecule has 2 aliphatic rings. The molecule has 10 N–H and O–H groups in total. The summed E-state index contributed by atoms with van der Waals surface area (Å²) in [4.78, 5) is 13.6. The Morgan fingerprint density at radius 2 is 1.42 bits per heavy atom. The van der Waals surface area contributed by atoms with Gasteiger partial charge >= 0.3 is 0 Å². The number of ether oxygens (including phenoxy) is 4. The maximum atomic E-state index is 13.6. The zero-order valence-corrected chi connectivity index (χ0v) is 22.3. The molecule has 43 heavy (non-hydrogen) atoms. The van der Waals surface area contributed by atoms with Crippen LogP contribution in [-0.2, 0) is 9.47 Å². The molecule has 10 atom stereocenters. The van der Waals surface area contributed by atoms with Gasteiger partial charge in [0.05, 0.1) is 12.7 Å². The van der Waals surface area contributed by atoms with Crippen LogP contribution in [0.15, 0.2) is 39.5 Å². The Morgan fingerprint density at radius 1 is 0.767 bits per heavy atom. The minimum Gasteiger partial charge on any atom is -0.508 e. The van der Waals surface area contributed by atoms with Gasteiger partial charge < -0.3 is 74.4 Å². The molecule has 0 spiro atoms. The van der Waals surface area contributed by atoms with Gasteiger partial charge in [-0.05, 0) is 25.1 Å². The highest BCUT2D eigenvalue weighted by molar-refractivity contribution is 5.88. The fourth-order valence-corrected chi connectivity index (χ4v) is 4.84. The highest BCUT2D eigenvalue weighted by atomic mass is 16.7. The molecule has 2 aliphatic heterocycles. The van der Waals surface area contributed by atoms with E-state index >= 15 is 0 Å². The predicted molar refractivity (Wildman–Crippen MR) is 140 cm³/mol. The summed E-state index contributed by atoms with van der Waals surface area (Å²) in [6.07, 6.45) is -15.8. The topological polar surface area (TPSA) is 269 Å². The largest absolute Gasteiger partial charge is 0.508 e. The quantitative estimate of drug-likeness (QED) is 0.144. The van der Waals surface area contributed by atoms with E-state index in [0.717, 1.165) is 18.2 Å².